The van der Waals surface area contributed by atoms with Crippen LogP contribution in [0.3, 0.4) is 0 Å². The molecule has 0 N–H and O–H groups in total. The van der Waals surface area contributed by atoms with Gasteiger partial charge >= 0.3 is 6.01 Å². The van der Waals surface area contributed by atoms with Crippen LogP contribution in [-0.2, 0) is 0 Å². The number of piperidine rings is 3. The molecule has 1 unspecified atom stereocenters. The lowest BCUT2D eigenvalue weighted by Crippen LogP contribution is -2.52. The molecular weight excluding hydrogens is 293 g/mol. The van der Waals surface area contributed by atoms with E-state index in [1.54, 1.807) is 18.5 Å². The molecular formula is C18H20FN3O. The Balaban J connectivity index is 1.50. The van der Waals surface area contributed by atoms with Crippen molar-refractivity contribution in [2.75, 3.05) is 19.6 Å². The van der Waals surface area contributed by atoms with E-state index in [4.69, 9.17) is 4.74 Å². The largest absolute Gasteiger partial charge is 0.458 e. The highest BCUT2D eigenvalue weighted by atomic mass is 19.1. The average Bonchev–Trinajstić information content (AvgIpc) is 2.57. The SMILES string of the molecule is Cc1ccc(-c2cnc(OC3CN4CCC3CC4)nc2)c(F)c1. The first kappa shape index (κ1) is 14.6. The molecule has 4 nitrogen and oxygen atoms in total. The maximum Gasteiger partial charge on any atom is 0.316 e. The molecule has 2 aromatic rings. The number of aromatic nitrogens is 2. The zero-order valence-corrected chi connectivity index (χ0v) is 13.2. The lowest BCUT2D eigenvalue weighted by molar-refractivity contribution is -0.0123. The highest BCUT2D eigenvalue weighted by Gasteiger charge is 2.35. The van der Waals surface area contributed by atoms with Crippen LogP contribution in [0.15, 0.2) is 30.6 Å². The van der Waals surface area contributed by atoms with Gasteiger partial charge in [-0.25, -0.2) is 14.4 Å². The van der Waals surface area contributed by atoms with Crippen molar-refractivity contribution in [2.24, 2.45) is 5.92 Å². The molecule has 23 heavy (non-hydrogen) atoms. The lowest BCUT2D eigenvalue weighted by atomic mass is 9.86. The first-order chi connectivity index (χ1) is 11.2. The van der Waals surface area contributed by atoms with Gasteiger partial charge in [-0.05, 0) is 50.4 Å². The van der Waals surface area contributed by atoms with Gasteiger partial charge in [-0.3, -0.25) is 4.90 Å². The van der Waals surface area contributed by atoms with Gasteiger partial charge in [0.15, 0.2) is 0 Å². The van der Waals surface area contributed by atoms with Crippen LogP contribution in [0.25, 0.3) is 11.1 Å². The Kier molecular flexibility index (Phi) is 3.73. The van der Waals surface area contributed by atoms with Crippen LogP contribution in [0.4, 0.5) is 4.39 Å². The predicted molar refractivity (Wildman–Crippen MR) is 85.7 cm³/mol. The Morgan fingerprint density at radius 1 is 1.17 bits per heavy atom. The van der Waals surface area contributed by atoms with Gasteiger partial charge in [-0.15, -0.1) is 0 Å². The van der Waals surface area contributed by atoms with Crippen molar-refractivity contribution in [1.82, 2.24) is 14.9 Å². The van der Waals surface area contributed by atoms with Gasteiger partial charge in [0.1, 0.15) is 11.9 Å². The van der Waals surface area contributed by atoms with Crippen LogP contribution in [-0.4, -0.2) is 40.6 Å². The van der Waals surface area contributed by atoms with Crippen molar-refractivity contribution in [2.45, 2.75) is 25.9 Å². The van der Waals surface area contributed by atoms with Gasteiger partial charge < -0.3 is 4.74 Å². The summed E-state index contributed by atoms with van der Waals surface area (Å²) in [6, 6.07) is 5.56. The van der Waals surface area contributed by atoms with Crippen molar-refractivity contribution in [3.8, 4) is 17.1 Å². The molecule has 0 saturated carbocycles. The summed E-state index contributed by atoms with van der Waals surface area (Å²) in [6.07, 6.45) is 5.84. The minimum absolute atomic E-state index is 0.180. The van der Waals surface area contributed by atoms with Crippen molar-refractivity contribution in [3.63, 3.8) is 0 Å². The van der Waals surface area contributed by atoms with Crippen LogP contribution in [0, 0.1) is 18.7 Å². The summed E-state index contributed by atoms with van der Waals surface area (Å²) in [5.41, 5.74) is 2.09. The minimum Gasteiger partial charge on any atom is -0.458 e. The number of halogens is 1. The van der Waals surface area contributed by atoms with Crippen molar-refractivity contribution < 1.29 is 9.13 Å². The molecule has 3 aliphatic heterocycles. The fourth-order valence-electron chi connectivity index (χ4n) is 3.55. The molecule has 5 rings (SSSR count). The summed E-state index contributed by atoms with van der Waals surface area (Å²) < 4.78 is 20.0. The topological polar surface area (TPSA) is 38.2 Å². The van der Waals surface area contributed by atoms with Crippen molar-refractivity contribution in [1.29, 1.82) is 0 Å². The number of fused-ring (bicyclic) bond motifs is 3. The lowest BCUT2D eigenvalue weighted by Gasteiger charge is -2.43. The standard InChI is InChI=1S/C18H20FN3O/c1-12-2-3-15(16(19)8-12)14-9-20-18(21-10-14)23-17-11-22-6-4-13(17)5-7-22/h2-3,8-10,13,17H,4-7,11H2,1H3. The van der Waals surface area contributed by atoms with Crippen LogP contribution in [0.1, 0.15) is 18.4 Å². The molecule has 120 valence electrons. The first-order valence-electron chi connectivity index (χ1n) is 8.16. The molecule has 5 heteroatoms. The first-order valence-corrected chi connectivity index (χ1v) is 8.16. The van der Waals surface area contributed by atoms with Crippen molar-refractivity contribution >= 4 is 0 Å². The smallest absolute Gasteiger partial charge is 0.316 e. The van der Waals surface area contributed by atoms with Gasteiger partial charge in [-0.2, -0.15) is 0 Å². The van der Waals surface area contributed by atoms with Gasteiger partial charge in [0, 0.05) is 30.1 Å². The molecule has 0 amide bonds. The van der Waals surface area contributed by atoms with Crippen LogP contribution < -0.4 is 4.74 Å². The molecule has 1 aromatic carbocycles. The summed E-state index contributed by atoms with van der Waals surface area (Å²) in [5, 5.41) is 0. The van der Waals surface area contributed by atoms with Crippen LogP contribution in [0.5, 0.6) is 6.01 Å². The molecule has 3 fully saturated rings. The molecule has 3 aliphatic rings. The summed E-state index contributed by atoms with van der Waals surface area (Å²) in [6.45, 7) is 5.19. The zero-order valence-electron chi connectivity index (χ0n) is 13.2. The summed E-state index contributed by atoms with van der Waals surface area (Å²) in [7, 11) is 0. The van der Waals surface area contributed by atoms with Gasteiger partial charge in [0.05, 0.1) is 0 Å². The highest BCUT2D eigenvalue weighted by molar-refractivity contribution is 5.62. The van der Waals surface area contributed by atoms with Gasteiger partial charge in [0.2, 0.25) is 0 Å². The average molecular weight is 313 g/mol. The molecule has 0 radical (unpaired) electrons. The van der Waals surface area contributed by atoms with E-state index in [0.29, 0.717) is 23.1 Å². The third-order valence-electron chi connectivity index (χ3n) is 4.92. The predicted octanol–water partition coefficient (Wildman–Crippen LogP) is 3.06. The second-order valence-electron chi connectivity index (χ2n) is 6.53. The molecule has 4 heterocycles. The number of benzene rings is 1. The van der Waals surface area contributed by atoms with E-state index < -0.39 is 0 Å². The fraction of sp³-hybridized carbons (Fsp3) is 0.444. The number of hydrogen-bond acceptors (Lipinski definition) is 4. The zero-order chi connectivity index (χ0) is 15.8. The number of ether oxygens (including phenoxy) is 1. The van der Waals surface area contributed by atoms with E-state index in [9.17, 15) is 4.39 Å². The van der Waals surface area contributed by atoms with E-state index in [2.05, 4.69) is 14.9 Å². The molecule has 1 aromatic heterocycles. The second-order valence-corrected chi connectivity index (χ2v) is 6.53. The Bertz CT molecular complexity index is 696. The number of hydrogen-bond donors (Lipinski definition) is 0. The van der Waals surface area contributed by atoms with E-state index in [-0.39, 0.29) is 11.9 Å². The van der Waals surface area contributed by atoms with Gasteiger partial charge in [-0.1, -0.05) is 12.1 Å². The third kappa shape index (κ3) is 2.93. The molecule has 0 aliphatic carbocycles. The third-order valence-corrected chi connectivity index (χ3v) is 4.92. The van der Waals surface area contributed by atoms with E-state index >= 15 is 0 Å². The van der Waals surface area contributed by atoms with E-state index in [1.165, 1.54) is 32.0 Å². The van der Waals surface area contributed by atoms with Crippen LogP contribution in [0.2, 0.25) is 0 Å². The van der Waals surface area contributed by atoms with Crippen molar-refractivity contribution in [3.05, 3.63) is 42.0 Å². The summed E-state index contributed by atoms with van der Waals surface area (Å²) in [5.74, 6) is 0.359. The Labute approximate surface area is 135 Å². The number of aryl methyl sites for hydroxylation is 1. The maximum absolute atomic E-state index is 14.0. The Morgan fingerprint density at radius 2 is 1.91 bits per heavy atom. The van der Waals surface area contributed by atoms with E-state index in [1.807, 2.05) is 13.0 Å². The molecule has 0 spiro atoms. The molecule has 1 atom stereocenters. The number of rotatable bonds is 3. The quantitative estimate of drug-likeness (QED) is 0.873. The summed E-state index contributed by atoms with van der Waals surface area (Å²) >= 11 is 0. The van der Waals surface area contributed by atoms with Gasteiger partial charge in [0.25, 0.3) is 0 Å². The number of nitrogens with zero attached hydrogens (tertiary/aromatic N) is 3. The maximum atomic E-state index is 14.0. The molecule has 3 saturated heterocycles. The monoisotopic (exact) mass is 313 g/mol. The normalized spacial score (nSPS) is 26.3. The Morgan fingerprint density at radius 3 is 2.52 bits per heavy atom. The Hall–Kier alpha value is -2.01. The van der Waals surface area contributed by atoms with E-state index in [0.717, 1.165) is 12.1 Å². The summed E-state index contributed by atoms with van der Waals surface area (Å²) in [4.78, 5) is 11.0. The fourth-order valence-corrected chi connectivity index (χ4v) is 3.55. The highest BCUT2D eigenvalue weighted by Crippen LogP contribution is 2.30. The second kappa shape index (κ2) is 5.89. The van der Waals surface area contributed by atoms with Crippen LogP contribution >= 0.6 is 0 Å². The molecule has 2 bridgehead atoms. The minimum atomic E-state index is -0.250.